The van der Waals surface area contributed by atoms with E-state index in [1.807, 2.05) is 18.2 Å². The summed E-state index contributed by atoms with van der Waals surface area (Å²) in [5, 5.41) is 10.5. The van der Waals surface area contributed by atoms with E-state index in [0.717, 1.165) is 0 Å². The fraction of sp³-hybridized carbons (Fsp3) is 0.0435. The number of carbonyl (C=O) groups is 2. The van der Waals surface area contributed by atoms with Gasteiger partial charge in [-0.1, -0.05) is 29.8 Å². The molecule has 2 aromatic carbocycles. The Morgan fingerprint density at radius 2 is 1.52 bits per heavy atom. The van der Waals surface area contributed by atoms with Gasteiger partial charge in [0.05, 0.1) is 28.8 Å². The van der Waals surface area contributed by atoms with Crippen LogP contribution < -0.4 is 10.6 Å². The maximum atomic E-state index is 12.9. The van der Waals surface area contributed by atoms with E-state index in [2.05, 4.69) is 20.7 Å². The first-order chi connectivity index (χ1) is 15.0. The van der Waals surface area contributed by atoms with Gasteiger partial charge in [0.2, 0.25) is 0 Å². The van der Waals surface area contributed by atoms with Crippen LogP contribution in [0.4, 0.5) is 11.4 Å². The molecule has 2 amide bonds. The highest BCUT2D eigenvalue weighted by Crippen LogP contribution is 2.23. The molecule has 0 bridgehead atoms. The number of amides is 2. The molecule has 8 heteroatoms. The Morgan fingerprint density at radius 3 is 2.16 bits per heavy atom. The number of nitrogens with one attached hydrogen (secondary N) is 2. The number of para-hydroxylation sites is 2. The summed E-state index contributed by atoms with van der Waals surface area (Å²) < 4.78 is 1.60. The second kappa shape index (κ2) is 8.81. The number of halogens is 1. The van der Waals surface area contributed by atoms with Crippen LogP contribution in [0.25, 0.3) is 5.82 Å². The van der Waals surface area contributed by atoms with Gasteiger partial charge < -0.3 is 10.6 Å². The van der Waals surface area contributed by atoms with Gasteiger partial charge in [-0.25, -0.2) is 9.67 Å². The second-order valence-corrected chi connectivity index (χ2v) is 7.14. The van der Waals surface area contributed by atoms with E-state index in [9.17, 15) is 9.59 Å². The quantitative estimate of drug-likeness (QED) is 0.478. The third kappa shape index (κ3) is 4.46. The molecule has 0 aliphatic heterocycles. The summed E-state index contributed by atoms with van der Waals surface area (Å²) in [7, 11) is 0. The van der Waals surface area contributed by atoms with E-state index in [1.54, 1.807) is 66.3 Å². The molecule has 0 aliphatic carbocycles. The lowest BCUT2D eigenvalue weighted by atomic mass is 10.2. The highest BCUT2D eigenvalue weighted by Gasteiger charge is 2.17. The monoisotopic (exact) mass is 431 g/mol. The van der Waals surface area contributed by atoms with Crippen LogP contribution >= 0.6 is 11.6 Å². The average Bonchev–Trinajstić information content (AvgIpc) is 3.17. The molecule has 2 aromatic heterocycles. The maximum Gasteiger partial charge on any atom is 0.259 e. The molecular weight excluding hydrogens is 414 g/mol. The zero-order chi connectivity index (χ0) is 21.8. The highest BCUT2D eigenvalue weighted by molar-refractivity contribution is 6.30. The molecule has 0 aliphatic rings. The van der Waals surface area contributed by atoms with Crippen LogP contribution in [0, 0.1) is 6.92 Å². The molecule has 0 spiro atoms. The van der Waals surface area contributed by atoms with Gasteiger partial charge in [-0.2, -0.15) is 5.10 Å². The molecule has 31 heavy (non-hydrogen) atoms. The normalized spacial score (nSPS) is 10.5. The van der Waals surface area contributed by atoms with E-state index >= 15 is 0 Å². The van der Waals surface area contributed by atoms with Crippen LogP contribution in [-0.2, 0) is 0 Å². The lowest BCUT2D eigenvalue weighted by Gasteiger charge is -2.12. The zero-order valence-electron chi connectivity index (χ0n) is 16.5. The van der Waals surface area contributed by atoms with Gasteiger partial charge in [0.1, 0.15) is 0 Å². The molecule has 154 valence electrons. The lowest BCUT2D eigenvalue weighted by Crippen LogP contribution is -2.17. The van der Waals surface area contributed by atoms with Crippen molar-refractivity contribution in [2.75, 3.05) is 10.6 Å². The standard InChI is InChI=1S/C23H18ClN5O2/c1-15-18(14-26-29(15)21-8-4-5-13-25-21)23(31)28-20-7-3-2-6-19(20)27-22(30)16-9-11-17(24)12-10-16/h2-14H,1H3,(H,27,30)(H,28,31). The van der Waals surface area contributed by atoms with Crippen LogP contribution in [0.2, 0.25) is 5.02 Å². The van der Waals surface area contributed by atoms with E-state index in [4.69, 9.17) is 11.6 Å². The molecule has 4 aromatic rings. The predicted octanol–water partition coefficient (Wildman–Crippen LogP) is 4.73. The minimum Gasteiger partial charge on any atom is -0.320 e. The maximum absolute atomic E-state index is 12.9. The minimum absolute atomic E-state index is 0.308. The van der Waals surface area contributed by atoms with Gasteiger partial charge in [-0.05, 0) is 55.5 Å². The zero-order valence-corrected chi connectivity index (χ0v) is 17.3. The third-order valence-corrected chi connectivity index (χ3v) is 4.90. The summed E-state index contributed by atoms with van der Waals surface area (Å²) in [4.78, 5) is 29.7. The van der Waals surface area contributed by atoms with Crippen LogP contribution in [-0.4, -0.2) is 26.6 Å². The van der Waals surface area contributed by atoms with Crippen molar-refractivity contribution in [1.82, 2.24) is 14.8 Å². The number of pyridine rings is 1. The molecule has 2 N–H and O–H groups in total. The number of hydrogen-bond donors (Lipinski definition) is 2. The van der Waals surface area contributed by atoms with Crippen molar-refractivity contribution in [2.24, 2.45) is 0 Å². The van der Waals surface area contributed by atoms with Crippen LogP contribution in [0.15, 0.2) is 79.1 Å². The number of benzene rings is 2. The van der Waals surface area contributed by atoms with Crippen molar-refractivity contribution in [3.8, 4) is 5.82 Å². The Balaban J connectivity index is 1.54. The number of hydrogen-bond acceptors (Lipinski definition) is 4. The van der Waals surface area contributed by atoms with Crippen molar-refractivity contribution < 1.29 is 9.59 Å². The highest BCUT2D eigenvalue weighted by atomic mass is 35.5. The third-order valence-electron chi connectivity index (χ3n) is 4.65. The van der Waals surface area contributed by atoms with E-state index in [0.29, 0.717) is 39.0 Å². The van der Waals surface area contributed by atoms with Crippen molar-refractivity contribution in [1.29, 1.82) is 0 Å². The summed E-state index contributed by atoms with van der Waals surface area (Å²) in [5.41, 5.74) is 2.46. The van der Waals surface area contributed by atoms with Crippen LogP contribution in [0.1, 0.15) is 26.4 Å². The molecule has 4 rings (SSSR count). The molecule has 2 heterocycles. The van der Waals surface area contributed by atoms with E-state index in [-0.39, 0.29) is 11.8 Å². The molecule has 0 fully saturated rings. The molecule has 0 saturated heterocycles. The first kappa shape index (κ1) is 20.3. The fourth-order valence-electron chi connectivity index (χ4n) is 3.03. The first-order valence-electron chi connectivity index (χ1n) is 9.46. The Bertz CT molecular complexity index is 1240. The van der Waals surface area contributed by atoms with Gasteiger partial charge in [-0.3, -0.25) is 9.59 Å². The van der Waals surface area contributed by atoms with Gasteiger partial charge >= 0.3 is 0 Å². The number of anilines is 2. The number of nitrogens with zero attached hydrogens (tertiary/aromatic N) is 3. The van der Waals surface area contributed by atoms with Crippen LogP contribution in [0.3, 0.4) is 0 Å². The summed E-state index contributed by atoms with van der Waals surface area (Å²) in [6.45, 7) is 1.80. The smallest absolute Gasteiger partial charge is 0.259 e. The van der Waals surface area contributed by atoms with Crippen molar-refractivity contribution in [3.63, 3.8) is 0 Å². The van der Waals surface area contributed by atoms with Gasteiger partial charge in [-0.15, -0.1) is 0 Å². The molecule has 7 nitrogen and oxygen atoms in total. The summed E-state index contributed by atoms with van der Waals surface area (Å²) in [5.74, 6) is -0.0277. The number of carbonyl (C=O) groups excluding carboxylic acids is 2. The Kier molecular flexibility index (Phi) is 5.77. The largest absolute Gasteiger partial charge is 0.320 e. The molecular formula is C23H18ClN5O2. The predicted molar refractivity (Wildman–Crippen MR) is 120 cm³/mol. The van der Waals surface area contributed by atoms with Crippen molar-refractivity contribution in [3.05, 3.63) is 101 Å². The number of rotatable bonds is 5. The van der Waals surface area contributed by atoms with Crippen molar-refractivity contribution in [2.45, 2.75) is 6.92 Å². The summed E-state index contributed by atoms with van der Waals surface area (Å²) in [6, 6.07) is 19.0. The Hall–Kier alpha value is -3.97. The number of aromatic nitrogens is 3. The average molecular weight is 432 g/mol. The van der Waals surface area contributed by atoms with Gasteiger partial charge in [0.25, 0.3) is 11.8 Å². The first-order valence-corrected chi connectivity index (χ1v) is 9.84. The second-order valence-electron chi connectivity index (χ2n) is 6.70. The molecule has 0 atom stereocenters. The van der Waals surface area contributed by atoms with Crippen molar-refractivity contribution >= 4 is 34.8 Å². The van der Waals surface area contributed by atoms with Gasteiger partial charge in [0, 0.05) is 16.8 Å². The summed E-state index contributed by atoms with van der Waals surface area (Å²) >= 11 is 5.88. The topological polar surface area (TPSA) is 88.9 Å². The van der Waals surface area contributed by atoms with E-state index in [1.165, 1.54) is 6.20 Å². The van der Waals surface area contributed by atoms with Gasteiger partial charge in [0.15, 0.2) is 5.82 Å². The summed E-state index contributed by atoms with van der Waals surface area (Å²) in [6.07, 6.45) is 3.16. The molecule has 0 radical (unpaired) electrons. The Labute approximate surface area is 183 Å². The molecule has 0 saturated carbocycles. The molecule has 0 unspecified atom stereocenters. The Morgan fingerprint density at radius 1 is 0.871 bits per heavy atom. The lowest BCUT2D eigenvalue weighted by molar-refractivity contribution is 0.101. The fourth-order valence-corrected chi connectivity index (χ4v) is 3.16. The van der Waals surface area contributed by atoms with E-state index < -0.39 is 0 Å². The van der Waals surface area contributed by atoms with Crippen LogP contribution in [0.5, 0.6) is 0 Å². The minimum atomic E-state index is -0.340. The SMILES string of the molecule is Cc1c(C(=O)Nc2ccccc2NC(=O)c2ccc(Cl)cc2)cnn1-c1ccccn1.